The second kappa shape index (κ2) is 11.5. The lowest BCUT2D eigenvalue weighted by Gasteiger charge is -2.30. The molecule has 1 saturated heterocycles. The van der Waals surface area contributed by atoms with Gasteiger partial charge in [-0.3, -0.25) is 15.0 Å². The fourth-order valence-corrected chi connectivity index (χ4v) is 5.96. The number of nitrogens with one attached hydrogen (secondary N) is 2. The maximum atomic E-state index is 13.6. The summed E-state index contributed by atoms with van der Waals surface area (Å²) in [6.07, 6.45) is 0.181. The fourth-order valence-electron chi connectivity index (χ4n) is 5.13. The van der Waals surface area contributed by atoms with E-state index in [1.165, 1.54) is 33.6 Å². The summed E-state index contributed by atoms with van der Waals surface area (Å²) in [6, 6.07) is 15.7. The molecule has 1 fully saturated rings. The summed E-state index contributed by atoms with van der Waals surface area (Å²) in [6.45, 7) is 4.01. The summed E-state index contributed by atoms with van der Waals surface area (Å²) in [5, 5.41) is 12.3. The van der Waals surface area contributed by atoms with Gasteiger partial charge in [0.15, 0.2) is 0 Å². The first-order valence-electron chi connectivity index (χ1n) is 12.8. The Morgan fingerprint density at radius 2 is 1.87 bits per heavy atom. The molecule has 0 spiro atoms. The average Bonchev–Trinajstić information content (AvgIpc) is 3.53. The Morgan fingerprint density at radius 3 is 2.68 bits per heavy atom. The molecule has 4 N–H and O–H groups in total. The van der Waals surface area contributed by atoms with Gasteiger partial charge in [0.1, 0.15) is 11.9 Å². The number of benzene rings is 2. The zero-order chi connectivity index (χ0) is 26.6. The lowest BCUT2D eigenvalue weighted by molar-refractivity contribution is -0.142. The number of carbonyl (C=O) groups excluding carboxylic acids is 2. The van der Waals surface area contributed by atoms with E-state index in [9.17, 15) is 9.59 Å². The largest absolute Gasteiger partial charge is 0.384 e. The lowest BCUT2D eigenvalue weighted by Crippen LogP contribution is -2.53. The van der Waals surface area contributed by atoms with E-state index in [2.05, 4.69) is 42.6 Å². The van der Waals surface area contributed by atoms with Crippen LogP contribution in [0.5, 0.6) is 0 Å². The first-order valence-corrected chi connectivity index (χ1v) is 13.7. The van der Waals surface area contributed by atoms with E-state index in [0.29, 0.717) is 37.8 Å². The van der Waals surface area contributed by atoms with Crippen LogP contribution < -0.4 is 11.1 Å². The quantitative estimate of drug-likeness (QED) is 0.333. The molecule has 1 aromatic heterocycles. The third kappa shape index (κ3) is 5.50. The molecule has 5 rings (SSSR count). The van der Waals surface area contributed by atoms with Gasteiger partial charge in [-0.2, -0.15) is 0 Å². The molecular weight excluding hydrogens is 500 g/mol. The second-order valence-corrected chi connectivity index (χ2v) is 10.6. The number of ether oxygens (including phenoxy) is 2. The Kier molecular flexibility index (Phi) is 7.87. The van der Waals surface area contributed by atoms with Crippen LogP contribution in [0.15, 0.2) is 53.9 Å². The molecular formula is C29H32N4O4S. The molecule has 2 aliphatic rings. The molecule has 9 heteroatoms. The van der Waals surface area contributed by atoms with E-state index in [1.807, 2.05) is 12.1 Å². The fraction of sp³-hybridized carbons (Fsp3) is 0.345. The average molecular weight is 533 g/mol. The summed E-state index contributed by atoms with van der Waals surface area (Å²) in [5.74, 6) is -0.116. The van der Waals surface area contributed by atoms with Crippen molar-refractivity contribution in [1.29, 1.82) is 5.41 Å². The van der Waals surface area contributed by atoms with Gasteiger partial charge >= 0.3 is 0 Å². The molecule has 0 saturated carbocycles. The van der Waals surface area contributed by atoms with E-state index in [-0.39, 0.29) is 37.2 Å². The van der Waals surface area contributed by atoms with Gasteiger partial charge in [0.2, 0.25) is 11.8 Å². The number of fused-ring (bicyclic) bond motifs is 3. The van der Waals surface area contributed by atoms with Crippen LogP contribution in [0, 0.1) is 5.41 Å². The van der Waals surface area contributed by atoms with E-state index in [1.54, 1.807) is 16.3 Å². The first-order chi connectivity index (χ1) is 18.4. The predicted molar refractivity (Wildman–Crippen MR) is 147 cm³/mol. The van der Waals surface area contributed by atoms with Gasteiger partial charge in [0.25, 0.3) is 0 Å². The Labute approximate surface area is 226 Å². The number of thiophene rings is 1. The van der Waals surface area contributed by atoms with Crippen LogP contribution in [0.2, 0.25) is 0 Å². The van der Waals surface area contributed by atoms with Crippen LogP contribution in [0.1, 0.15) is 40.0 Å². The molecule has 3 aromatic rings. The number of carbonyl (C=O) groups is 2. The smallest absolute Gasteiger partial charge is 0.245 e. The third-order valence-corrected chi connectivity index (χ3v) is 8.12. The minimum Gasteiger partial charge on any atom is -0.384 e. The van der Waals surface area contributed by atoms with E-state index in [0.717, 1.165) is 10.4 Å². The molecule has 2 amide bonds. The Hall–Kier alpha value is -3.53. The number of amides is 2. The topological polar surface area (TPSA) is 118 Å². The van der Waals surface area contributed by atoms with Gasteiger partial charge in [-0.05, 0) is 33.9 Å². The normalized spacial score (nSPS) is 19.0. The minimum absolute atomic E-state index is 0.00947. The summed E-state index contributed by atoms with van der Waals surface area (Å²) >= 11 is 1.42. The number of amidine groups is 1. The van der Waals surface area contributed by atoms with Crippen molar-refractivity contribution in [2.75, 3.05) is 33.0 Å². The van der Waals surface area contributed by atoms with Crippen LogP contribution in [-0.4, -0.2) is 61.6 Å². The van der Waals surface area contributed by atoms with Crippen molar-refractivity contribution < 1.29 is 19.1 Å². The monoisotopic (exact) mass is 532 g/mol. The maximum Gasteiger partial charge on any atom is 0.245 e. The van der Waals surface area contributed by atoms with Gasteiger partial charge in [-0.1, -0.05) is 49.4 Å². The molecule has 198 valence electrons. The third-order valence-electron chi connectivity index (χ3n) is 7.18. The molecule has 2 atom stereocenters. The van der Waals surface area contributed by atoms with Gasteiger partial charge in [0.05, 0.1) is 39.4 Å². The number of hydrogen-bond acceptors (Lipinski definition) is 6. The molecule has 2 unspecified atom stereocenters. The minimum atomic E-state index is -0.772. The van der Waals surface area contributed by atoms with Gasteiger partial charge in [-0.25, -0.2) is 0 Å². The van der Waals surface area contributed by atoms with Crippen LogP contribution in [-0.2, 0) is 32.0 Å². The summed E-state index contributed by atoms with van der Waals surface area (Å²) in [7, 11) is 0. The molecule has 0 bridgehead atoms. The highest BCUT2D eigenvalue weighted by Gasteiger charge is 2.31. The van der Waals surface area contributed by atoms with E-state index < -0.39 is 6.04 Å². The number of hydrogen-bond donors (Lipinski definition) is 3. The van der Waals surface area contributed by atoms with Crippen LogP contribution in [0.25, 0.3) is 11.1 Å². The number of rotatable bonds is 6. The molecule has 2 aromatic carbocycles. The highest BCUT2D eigenvalue weighted by atomic mass is 32.1. The van der Waals surface area contributed by atoms with Crippen molar-refractivity contribution in [3.05, 3.63) is 81.0 Å². The Bertz CT molecular complexity index is 1350. The zero-order valence-electron chi connectivity index (χ0n) is 21.4. The molecule has 38 heavy (non-hydrogen) atoms. The SMILES string of the molecule is CC1c2ccccc2-c2cc(CC(=O)N3CCOCCOCC3C(=O)NCc3cc(C(=N)N)cs3)ccc21. The summed E-state index contributed by atoms with van der Waals surface area (Å²) in [4.78, 5) is 29.4. The molecule has 0 radical (unpaired) electrons. The standard InChI is InChI=1S/C29H32N4O4S/c1-18-22-4-2-3-5-24(22)25-12-19(6-7-23(18)25)13-27(34)33-8-9-36-10-11-37-16-26(33)29(35)32-15-21-14-20(17-38-21)28(30)31/h2-7,12,14,17-18,26H,8-11,13,15-16H2,1H3,(H3,30,31)(H,32,35). The number of nitrogens with zero attached hydrogens (tertiary/aromatic N) is 1. The number of nitrogens with two attached hydrogens (primary N) is 1. The highest BCUT2D eigenvalue weighted by molar-refractivity contribution is 7.10. The van der Waals surface area contributed by atoms with Crippen molar-refractivity contribution in [1.82, 2.24) is 10.2 Å². The van der Waals surface area contributed by atoms with E-state index >= 15 is 0 Å². The van der Waals surface area contributed by atoms with Crippen LogP contribution in [0.3, 0.4) is 0 Å². The predicted octanol–water partition coefficient (Wildman–Crippen LogP) is 3.27. The summed E-state index contributed by atoms with van der Waals surface area (Å²) in [5.41, 5.74) is 12.1. The Morgan fingerprint density at radius 1 is 1.08 bits per heavy atom. The molecule has 2 heterocycles. The molecule has 1 aliphatic heterocycles. The van der Waals surface area contributed by atoms with E-state index in [4.69, 9.17) is 20.6 Å². The van der Waals surface area contributed by atoms with Crippen molar-refractivity contribution in [2.45, 2.75) is 31.8 Å². The van der Waals surface area contributed by atoms with Gasteiger partial charge < -0.3 is 25.4 Å². The van der Waals surface area contributed by atoms with Crippen LogP contribution >= 0.6 is 11.3 Å². The molecule has 8 nitrogen and oxygen atoms in total. The van der Waals surface area contributed by atoms with Gasteiger partial charge in [0, 0.05) is 28.3 Å². The van der Waals surface area contributed by atoms with Crippen molar-refractivity contribution in [3.8, 4) is 11.1 Å². The maximum absolute atomic E-state index is 13.6. The first kappa shape index (κ1) is 26.1. The van der Waals surface area contributed by atoms with Crippen molar-refractivity contribution in [2.24, 2.45) is 5.73 Å². The molecule has 1 aliphatic carbocycles. The van der Waals surface area contributed by atoms with Crippen molar-refractivity contribution >= 4 is 29.0 Å². The zero-order valence-corrected chi connectivity index (χ0v) is 22.2. The Balaban J connectivity index is 1.32. The van der Waals surface area contributed by atoms with Crippen molar-refractivity contribution in [3.63, 3.8) is 0 Å². The summed E-state index contributed by atoms with van der Waals surface area (Å²) < 4.78 is 11.3. The highest BCUT2D eigenvalue weighted by Crippen LogP contribution is 2.44. The number of nitrogen functional groups attached to an aromatic ring is 1. The van der Waals surface area contributed by atoms with Crippen LogP contribution in [0.4, 0.5) is 0 Å². The van der Waals surface area contributed by atoms with Gasteiger partial charge in [-0.15, -0.1) is 11.3 Å². The second-order valence-electron chi connectivity index (χ2n) is 9.63. The lowest BCUT2D eigenvalue weighted by atomic mass is 9.97.